The smallest absolute Gasteiger partial charge is 0.244 e. The van der Waals surface area contributed by atoms with Gasteiger partial charge in [-0.1, -0.05) is 18.2 Å². The molecule has 1 N–H and O–H groups in total. The Morgan fingerprint density at radius 1 is 1.11 bits per heavy atom. The monoisotopic (exact) mass is 370 g/mol. The van der Waals surface area contributed by atoms with Crippen molar-refractivity contribution in [2.24, 2.45) is 0 Å². The zero-order chi connectivity index (χ0) is 19.2. The lowest BCUT2D eigenvalue weighted by Crippen LogP contribution is -2.35. The summed E-state index contributed by atoms with van der Waals surface area (Å²) < 4.78 is 27.1. The number of rotatable bonds is 5. The molecule has 3 rings (SSSR count). The predicted molar refractivity (Wildman–Crippen MR) is 99.9 cm³/mol. The molecule has 0 aromatic heterocycles. The van der Waals surface area contributed by atoms with Gasteiger partial charge in [0.25, 0.3) is 0 Å². The van der Waals surface area contributed by atoms with Crippen molar-refractivity contribution in [3.63, 3.8) is 0 Å². The molecule has 0 unspecified atom stereocenters. The Bertz CT molecular complexity index is 860. The molecule has 2 amide bonds. The van der Waals surface area contributed by atoms with Gasteiger partial charge in [-0.15, -0.1) is 0 Å². The van der Waals surface area contributed by atoms with E-state index in [1.807, 2.05) is 24.3 Å². The topological polar surface area (TPSA) is 49.4 Å². The van der Waals surface area contributed by atoms with E-state index < -0.39 is 17.5 Å². The number of anilines is 1. The third-order valence-electron chi connectivity index (χ3n) is 4.41. The molecule has 0 spiro atoms. The highest BCUT2D eigenvalue weighted by molar-refractivity contribution is 5.94. The van der Waals surface area contributed by atoms with Crippen LogP contribution in [-0.4, -0.2) is 18.4 Å². The molecule has 4 nitrogen and oxygen atoms in total. The normalized spacial score (nSPS) is 14.6. The predicted octanol–water partition coefficient (Wildman–Crippen LogP) is 3.81. The summed E-state index contributed by atoms with van der Waals surface area (Å²) in [7, 11) is 0. The van der Waals surface area contributed by atoms with Crippen LogP contribution >= 0.6 is 0 Å². The second-order valence-electron chi connectivity index (χ2n) is 6.36. The van der Waals surface area contributed by atoms with Crippen LogP contribution in [0.3, 0.4) is 0 Å². The summed E-state index contributed by atoms with van der Waals surface area (Å²) in [5.41, 5.74) is 1.40. The van der Waals surface area contributed by atoms with Gasteiger partial charge in [-0.2, -0.15) is 0 Å². The molecular weight excluding hydrogens is 350 g/mol. The number of carbonyl (C=O) groups excluding carboxylic acids is 2. The van der Waals surface area contributed by atoms with Crippen LogP contribution in [0.5, 0.6) is 0 Å². The van der Waals surface area contributed by atoms with Gasteiger partial charge in [-0.3, -0.25) is 9.59 Å². The van der Waals surface area contributed by atoms with E-state index in [0.29, 0.717) is 13.0 Å². The van der Waals surface area contributed by atoms with Crippen molar-refractivity contribution in [3.05, 3.63) is 71.3 Å². The van der Waals surface area contributed by atoms with Crippen molar-refractivity contribution in [3.8, 4) is 0 Å². The highest BCUT2D eigenvalue weighted by Crippen LogP contribution is 2.22. The number of hydrogen-bond donors (Lipinski definition) is 1. The molecule has 0 aliphatic carbocycles. The van der Waals surface area contributed by atoms with E-state index in [9.17, 15) is 18.4 Å². The van der Waals surface area contributed by atoms with E-state index in [2.05, 4.69) is 5.32 Å². The number of piperidine rings is 1. The fraction of sp³-hybridized carbons (Fsp3) is 0.238. The first kappa shape index (κ1) is 18.8. The van der Waals surface area contributed by atoms with E-state index in [0.717, 1.165) is 48.4 Å². The molecule has 0 atom stereocenters. The van der Waals surface area contributed by atoms with Crippen LogP contribution in [0.4, 0.5) is 14.5 Å². The van der Waals surface area contributed by atoms with E-state index in [-0.39, 0.29) is 18.0 Å². The number of halogens is 2. The average Bonchev–Trinajstić information content (AvgIpc) is 2.66. The van der Waals surface area contributed by atoms with Crippen LogP contribution in [0, 0.1) is 11.6 Å². The lowest BCUT2D eigenvalue weighted by atomic mass is 10.1. The van der Waals surface area contributed by atoms with Crippen LogP contribution in [0.15, 0.2) is 48.5 Å². The van der Waals surface area contributed by atoms with Crippen LogP contribution in [0.1, 0.15) is 30.4 Å². The van der Waals surface area contributed by atoms with Crippen LogP contribution < -0.4 is 10.2 Å². The lowest BCUT2D eigenvalue weighted by Gasteiger charge is -2.27. The summed E-state index contributed by atoms with van der Waals surface area (Å²) >= 11 is 0. The van der Waals surface area contributed by atoms with Crippen molar-refractivity contribution >= 4 is 23.6 Å². The van der Waals surface area contributed by atoms with Crippen molar-refractivity contribution in [1.82, 2.24) is 5.32 Å². The van der Waals surface area contributed by atoms with E-state index in [4.69, 9.17) is 0 Å². The Labute approximate surface area is 156 Å². The van der Waals surface area contributed by atoms with Crippen LogP contribution in [0.25, 0.3) is 6.08 Å². The first-order valence-corrected chi connectivity index (χ1v) is 8.84. The van der Waals surface area contributed by atoms with Crippen molar-refractivity contribution in [2.75, 3.05) is 11.4 Å². The maximum Gasteiger partial charge on any atom is 0.244 e. The molecule has 0 saturated carbocycles. The summed E-state index contributed by atoms with van der Waals surface area (Å²) in [4.78, 5) is 25.7. The van der Waals surface area contributed by atoms with Gasteiger partial charge in [-0.25, -0.2) is 8.78 Å². The Hall–Kier alpha value is -3.02. The van der Waals surface area contributed by atoms with Gasteiger partial charge < -0.3 is 10.2 Å². The molecule has 0 radical (unpaired) electrons. The molecule has 1 fully saturated rings. The summed E-state index contributed by atoms with van der Waals surface area (Å²) in [6.45, 7) is 0.949. The number of hydrogen-bond acceptors (Lipinski definition) is 2. The highest BCUT2D eigenvalue weighted by Gasteiger charge is 2.19. The summed E-state index contributed by atoms with van der Waals surface area (Å²) in [5, 5.41) is 2.68. The fourth-order valence-corrected chi connectivity index (χ4v) is 2.99. The molecule has 2 aromatic carbocycles. The second-order valence-corrected chi connectivity index (χ2v) is 6.36. The highest BCUT2D eigenvalue weighted by atomic mass is 19.1. The quantitative estimate of drug-likeness (QED) is 0.814. The molecule has 1 heterocycles. The Morgan fingerprint density at radius 3 is 2.59 bits per heavy atom. The third-order valence-corrected chi connectivity index (χ3v) is 4.41. The molecule has 1 aliphatic heterocycles. The van der Waals surface area contributed by atoms with E-state index in [1.54, 1.807) is 4.90 Å². The minimum atomic E-state index is -0.724. The molecule has 1 aliphatic rings. The van der Waals surface area contributed by atoms with Crippen molar-refractivity contribution < 1.29 is 18.4 Å². The van der Waals surface area contributed by atoms with Gasteiger partial charge in [0.05, 0.1) is 0 Å². The second kappa shape index (κ2) is 8.58. The first-order valence-electron chi connectivity index (χ1n) is 8.84. The zero-order valence-corrected chi connectivity index (χ0v) is 14.8. The Morgan fingerprint density at radius 2 is 1.85 bits per heavy atom. The minimum absolute atomic E-state index is 0.109. The standard InChI is InChI=1S/C21H20F2N2O2/c22-18-7-4-8-19(23)17(18)10-11-20(26)24-14-15-5-3-6-16(13-15)25-12-2-1-9-21(25)27/h3-8,10-11,13H,1-2,9,12,14H2,(H,24,26). The largest absolute Gasteiger partial charge is 0.348 e. The zero-order valence-electron chi connectivity index (χ0n) is 14.8. The fourth-order valence-electron chi connectivity index (χ4n) is 2.99. The number of nitrogens with zero attached hydrogens (tertiary/aromatic N) is 1. The molecule has 2 aromatic rings. The number of carbonyl (C=O) groups is 2. The number of nitrogens with one attached hydrogen (secondary N) is 1. The lowest BCUT2D eigenvalue weighted by molar-refractivity contribution is -0.119. The number of benzene rings is 2. The maximum absolute atomic E-state index is 13.5. The molecule has 1 saturated heterocycles. The summed E-state index contributed by atoms with van der Waals surface area (Å²) in [5.74, 6) is -1.80. The Kier molecular flexibility index (Phi) is 5.96. The molecule has 140 valence electrons. The molecule has 27 heavy (non-hydrogen) atoms. The molecule has 6 heteroatoms. The maximum atomic E-state index is 13.5. The first-order chi connectivity index (χ1) is 13.0. The number of amides is 2. The molecular formula is C21H20F2N2O2. The van der Waals surface area contributed by atoms with Gasteiger partial charge in [0.1, 0.15) is 11.6 Å². The Balaban J connectivity index is 1.61. The van der Waals surface area contributed by atoms with Crippen LogP contribution in [0.2, 0.25) is 0 Å². The van der Waals surface area contributed by atoms with Crippen LogP contribution in [-0.2, 0) is 16.1 Å². The summed E-state index contributed by atoms with van der Waals surface area (Å²) in [6.07, 6.45) is 4.66. The van der Waals surface area contributed by atoms with Crippen molar-refractivity contribution in [1.29, 1.82) is 0 Å². The molecule has 0 bridgehead atoms. The van der Waals surface area contributed by atoms with Gasteiger partial charge in [-0.05, 0) is 48.7 Å². The van der Waals surface area contributed by atoms with Gasteiger partial charge >= 0.3 is 0 Å². The van der Waals surface area contributed by atoms with Gasteiger partial charge in [0.15, 0.2) is 0 Å². The average molecular weight is 370 g/mol. The summed E-state index contributed by atoms with van der Waals surface area (Å²) in [6, 6.07) is 10.9. The van der Waals surface area contributed by atoms with Gasteiger partial charge in [0, 0.05) is 36.8 Å². The van der Waals surface area contributed by atoms with Crippen molar-refractivity contribution in [2.45, 2.75) is 25.8 Å². The SMILES string of the molecule is O=C(C=Cc1c(F)cccc1F)NCc1cccc(N2CCCCC2=O)c1. The van der Waals surface area contributed by atoms with Gasteiger partial charge in [0.2, 0.25) is 11.8 Å². The third kappa shape index (κ3) is 4.78. The van der Waals surface area contributed by atoms with E-state index >= 15 is 0 Å². The van der Waals surface area contributed by atoms with E-state index in [1.165, 1.54) is 6.07 Å². The minimum Gasteiger partial charge on any atom is -0.348 e.